The minimum atomic E-state index is 0.544. The largest absolute Gasteiger partial charge is 0.381 e. The molecule has 17 heavy (non-hydrogen) atoms. The lowest BCUT2D eigenvalue weighted by Crippen LogP contribution is -2.49. The summed E-state index contributed by atoms with van der Waals surface area (Å²) in [6.45, 7) is 5.88. The molecule has 2 atom stereocenters. The lowest BCUT2D eigenvalue weighted by atomic mass is 9.49. The zero-order valence-corrected chi connectivity index (χ0v) is 10.7. The standard InChI is InChI=1S/C16H21N/c1-16(2)13-9-8-12(15(16)10-13)11-17-14-6-4-3-5-7-14/h3-8,13,15,17H,9-11H2,1-2H3/t13-,15-/m0/s1. The summed E-state index contributed by atoms with van der Waals surface area (Å²) in [4.78, 5) is 0. The van der Waals surface area contributed by atoms with Crippen LogP contribution in [0.3, 0.4) is 0 Å². The third-order valence-corrected chi connectivity index (χ3v) is 4.85. The molecule has 0 aliphatic heterocycles. The fraction of sp³-hybridized carbons (Fsp3) is 0.500. The number of allylic oxidation sites excluding steroid dienone is 1. The summed E-state index contributed by atoms with van der Waals surface area (Å²) < 4.78 is 0. The van der Waals surface area contributed by atoms with Crippen LogP contribution in [-0.4, -0.2) is 6.54 Å². The van der Waals surface area contributed by atoms with Crippen molar-refractivity contribution in [3.8, 4) is 0 Å². The van der Waals surface area contributed by atoms with E-state index in [-0.39, 0.29) is 0 Å². The first-order chi connectivity index (χ1) is 8.18. The Kier molecular flexibility index (Phi) is 2.50. The van der Waals surface area contributed by atoms with Crippen molar-refractivity contribution in [3.63, 3.8) is 0 Å². The fourth-order valence-corrected chi connectivity index (χ4v) is 3.44. The molecule has 1 heteroatoms. The van der Waals surface area contributed by atoms with Crippen molar-refractivity contribution < 1.29 is 0 Å². The molecule has 0 saturated heterocycles. The second-order valence-electron chi connectivity index (χ2n) is 6.04. The molecule has 3 aliphatic carbocycles. The predicted octanol–water partition coefficient (Wildman–Crippen LogP) is 4.09. The highest BCUT2D eigenvalue weighted by molar-refractivity contribution is 5.44. The topological polar surface area (TPSA) is 12.0 Å². The monoisotopic (exact) mass is 227 g/mol. The van der Waals surface area contributed by atoms with E-state index in [4.69, 9.17) is 0 Å². The third kappa shape index (κ3) is 1.78. The lowest BCUT2D eigenvalue weighted by molar-refractivity contribution is -0.00629. The lowest BCUT2D eigenvalue weighted by Gasteiger charge is -2.56. The first-order valence-corrected chi connectivity index (χ1v) is 6.66. The molecule has 0 radical (unpaired) electrons. The Morgan fingerprint density at radius 3 is 2.65 bits per heavy atom. The molecule has 0 heterocycles. The molecule has 1 aromatic carbocycles. The minimum Gasteiger partial charge on any atom is -0.381 e. The minimum absolute atomic E-state index is 0.544. The Morgan fingerprint density at radius 1 is 1.24 bits per heavy atom. The van der Waals surface area contributed by atoms with E-state index in [0.717, 1.165) is 18.4 Å². The van der Waals surface area contributed by atoms with E-state index in [1.165, 1.54) is 18.5 Å². The molecule has 1 saturated carbocycles. The van der Waals surface area contributed by atoms with Gasteiger partial charge in [0.05, 0.1) is 0 Å². The van der Waals surface area contributed by atoms with Gasteiger partial charge in [-0.3, -0.25) is 0 Å². The molecular formula is C16H21N. The SMILES string of the molecule is CC1(C)[C@H]2CC=C(CNc3ccccc3)[C@@H]1C2. The number of nitrogens with one attached hydrogen (secondary N) is 1. The number of fused-ring (bicyclic) bond motifs is 1. The normalized spacial score (nSPS) is 29.2. The van der Waals surface area contributed by atoms with Crippen molar-refractivity contribution in [2.45, 2.75) is 26.7 Å². The van der Waals surface area contributed by atoms with Gasteiger partial charge in [-0.25, -0.2) is 0 Å². The number of para-hydroxylation sites is 1. The van der Waals surface area contributed by atoms with Gasteiger partial charge in [-0.1, -0.05) is 43.7 Å². The Hall–Kier alpha value is -1.24. The van der Waals surface area contributed by atoms with Crippen LogP contribution in [-0.2, 0) is 0 Å². The highest BCUT2D eigenvalue weighted by Crippen LogP contribution is 2.59. The molecule has 1 nitrogen and oxygen atoms in total. The van der Waals surface area contributed by atoms with Crippen LogP contribution in [0.25, 0.3) is 0 Å². The first-order valence-electron chi connectivity index (χ1n) is 6.66. The smallest absolute Gasteiger partial charge is 0.0363 e. The van der Waals surface area contributed by atoms with Gasteiger partial charge in [0.15, 0.2) is 0 Å². The zero-order valence-electron chi connectivity index (χ0n) is 10.7. The second-order valence-corrected chi connectivity index (χ2v) is 6.04. The van der Waals surface area contributed by atoms with Gasteiger partial charge in [0, 0.05) is 12.2 Å². The van der Waals surface area contributed by atoms with Gasteiger partial charge in [-0.05, 0) is 42.2 Å². The number of rotatable bonds is 3. The average Bonchev–Trinajstić information content (AvgIpc) is 2.37. The molecule has 1 N–H and O–H groups in total. The van der Waals surface area contributed by atoms with Crippen LogP contribution in [0, 0.1) is 17.3 Å². The van der Waals surface area contributed by atoms with Crippen LogP contribution in [0.15, 0.2) is 42.0 Å². The van der Waals surface area contributed by atoms with Crippen molar-refractivity contribution in [1.29, 1.82) is 0 Å². The summed E-state index contributed by atoms with van der Waals surface area (Å²) in [6.07, 6.45) is 5.17. The highest BCUT2D eigenvalue weighted by atomic mass is 14.9. The molecule has 3 aliphatic rings. The summed E-state index contributed by atoms with van der Waals surface area (Å²) in [7, 11) is 0. The first kappa shape index (κ1) is 10.9. The van der Waals surface area contributed by atoms with E-state index in [0.29, 0.717) is 5.41 Å². The molecule has 1 aromatic rings. The maximum Gasteiger partial charge on any atom is 0.0363 e. The van der Waals surface area contributed by atoms with Crippen LogP contribution in [0.4, 0.5) is 5.69 Å². The van der Waals surface area contributed by atoms with Crippen molar-refractivity contribution in [2.24, 2.45) is 17.3 Å². The molecule has 0 amide bonds. The van der Waals surface area contributed by atoms with Crippen LogP contribution in [0.5, 0.6) is 0 Å². The molecular weight excluding hydrogens is 206 g/mol. The number of benzene rings is 1. The molecule has 2 bridgehead atoms. The summed E-state index contributed by atoms with van der Waals surface area (Å²) in [5.74, 6) is 1.76. The van der Waals surface area contributed by atoms with Gasteiger partial charge in [0.25, 0.3) is 0 Å². The van der Waals surface area contributed by atoms with E-state index in [9.17, 15) is 0 Å². The van der Waals surface area contributed by atoms with Gasteiger partial charge in [-0.15, -0.1) is 0 Å². The molecule has 0 aromatic heterocycles. The highest BCUT2D eigenvalue weighted by Gasteiger charge is 2.50. The Labute approximate surface area is 104 Å². The maximum absolute atomic E-state index is 3.54. The average molecular weight is 227 g/mol. The van der Waals surface area contributed by atoms with E-state index in [1.54, 1.807) is 5.57 Å². The molecule has 0 spiro atoms. The van der Waals surface area contributed by atoms with Crippen molar-refractivity contribution in [1.82, 2.24) is 0 Å². The zero-order chi connectivity index (χ0) is 11.9. The van der Waals surface area contributed by atoms with Crippen molar-refractivity contribution in [3.05, 3.63) is 42.0 Å². The molecule has 90 valence electrons. The van der Waals surface area contributed by atoms with Crippen LogP contribution in [0.2, 0.25) is 0 Å². The van der Waals surface area contributed by atoms with Crippen LogP contribution in [0.1, 0.15) is 26.7 Å². The fourth-order valence-electron chi connectivity index (χ4n) is 3.44. The number of hydrogen-bond acceptors (Lipinski definition) is 1. The third-order valence-electron chi connectivity index (χ3n) is 4.85. The van der Waals surface area contributed by atoms with E-state index in [1.807, 2.05) is 0 Å². The molecule has 0 unspecified atom stereocenters. The summed E-state index contributed by atoms with van der Waals surface area (Å²) in [5.41, 5.74) is 3.40. The van der Waals surface area contributed by atoms with Gasteiger partial charge in [0.2, 0.25) is 0 Å². The Morgan fingerprint density at radius 2 is 2.00 bits per heavy atom. The predicted molar refractivity (Wildman–Crippen MR) is 73.0 cm³/mol. The summed E-state index contributed by atoms with van der Waals surface area (Å²) >= 11 is 0. The van der Waals surface area contributed by atoms with Crippen molar-refractivity contribution >= 4 is 5.69 Å². The van der Waals surface area contributed by atoms with Gasteiger partial charge < -0.3 is 5.32 Å². The van der Waals surface area contributed by atoms with E-state index < -0.39 is 0 Å². The molecule has 4 rings (SSSR count). The summed E-state index contributed by atoms with van der Waals surface area (Å²) in [5, 5.41) is 3.54. The number of anilines is 1. The van der Waals surface area contributed by atoms with Gasteiger partial charge in [-0.2, -0.15) is 0 Å². The van der Waals surface area contributed by atoms with E-state index >= 15 is 0 Å². The Balaban J connectivity index is 1.65. The van der Waals surface area contributed by atoms with Crippen molar-refractivity contribution in [2.75, 3.05) is 11.9 Å². The quantitative estimate of drug-likeness (QED) is 0.767. The summed E-state index contributed by atoms with van der Waals surface area (Å²) in [6, 6.07) is 10.5. The van der Waals surface area contributed by atoms with Gasteiger partial charge >= 0.3 is 0 Å². The second kappa shape index (κ2) is 3.90. The van der Waals surface area contributed by atoms with Crippen LogP contribution >= 0.6 is 0 Å². The van der Waals surface area contributed by atoms with E-state index in [2.05, 4.69) is 55.6 Å². The van der Waals surface area contributed by atoms with Crippen LogP contribution < -0.4 is 5.32 Å². The number of hydrogen-bond donors (Lipinski definition) is 1. The Bertz CT molecular complexity index is 430. The van der Waals surface area contributed by atoms with Gasteiger partial charge in [0.1, 0.15) is 0 Å². The molecule has 1 fully saturated rings. The maximum atomic E-state index is 3.54.